The highest BCUT2D eigenvalue weighted by atomic mass is 16.5. The molecule has 0 radical (unpaired) electrons. The average molecular weight is 189 g/mol. The van der Waals surface area contributed by atoms with Crippen LogP contribution < -0.4 is 0 Å². The van der Waals surface area contributed by atoms with E-state index in [9.17, 15) is 4.79 Å². The van der Waals surface area contributed by atoms with Gasteiger partial charge in [-0.2, -0.15) is 0 Å². The molecule has 1 aromatic carbocycles. The number of hydrogen-bond acceptors (Lipinski definition) is 3. The zero-order valence-electron chi connectivity index (χ0n) is 8.20. The number of fused-ring (bicyclic) bond motifs is 1. The first-order chi connectivity index (χ1) is 6.76. The highest BCUT2D eigenvalue weighted by Crippen LogP contribution is 2.23. The summed E-state index contributed by atoms with van der Waals surface area (Å²) in [6.07, 6.45) is 1.69. The number of rotatable bonds is 2. The van der Waals surface area contributed by atoms with Crippen molar-refractivity contribution in [2.75, 3.05) is 0 Å². The smallest absolute Gasteiger partial charge is 0.170 e. The van der Waals surface area contributed by atoms with Gasteiger partial charge in [0.1, 0.15) is 6.29 Å². The molecule has 2 rings (SSSR count). The Morgan fingerprint density at radius 1 is 1.50 bits per heavy atom. The van der Waals surface area contributed by atoms with E-state index < -0.39 is 0 Å². The maximum absolute atomic E-state index is 10.7. The summed E-state index contributed by atoms with van der Waals surface area (Å²) < 4.78 is 5.20. The lowest BCUT2D eigenvalue weighted by atomic mass is 10.0. The fourth-order valence-electron chi connectivity index (χ4n) is 1.58. The summed E-state index contributed by atoms with van der Waals surface area (Å²) in [7, 11) is 0. The minimum atomic E-state index is 0.681. The molecular formula is C11H11NO2. The number of carbonyl (C=O) groups is 1. The van der Waals surface area contributed by atoms with Crippen LogP contribution in [-0.2, 0) is 6.42 Å². The third-order valence-electron chi connectivity index (χ3n) is 2.37. The van der Waals surface area contributed by atoms with E-state index in [1.54, 1.807) is 0 Å². The van der Waals surface area contributed by atoms with Gasteiger partial charge in [0.05, 0.1) is 5.69 Å². The van der Waals surface area contributed by atoms with Crippen LogP contribution in [0.5, 0.6) is 0 Å². The quantitative estimate of drug-likeness (QED) is 0.682. The van der Waals surface area contributed by atoms with Gasteiger partial charge < -0.3 is 4.52 Å². The normalized spacial score (nSPS) is 10.7. The number of aromatic nitrogens is 1. The second-order valence-electron chi connectivity index (χ2n) is 3.30. The van der Waals surface area contributed by atoms with Gasteiger partial charge in [-0.05, 0) is 31.0 Å². The van der Waals surface area contributed by atoms with E-state index in [1.807, 2.05) is 26.0 Å². The van der Waals surface area contributed by atoms with E-state index >= 15 is 0 Å². The van der Waals surface area contributed by atoms with Crippen molar-refractivity contribution in [1.29, 1.82) is 0 Å². The van der Waals surface area contributed by atoms with Gasteiger partial charge in [0.25, 0.3) is 0 Å². The van der Waals surface area contributed by atoms with Gasteiger partial charge in [0.2, 0.25) is 0 Å². The molecule has 0 aliphatic carbocycles. The molecule has 0 amide bonds. The number of nitrogens with zero attached hydrogens (tertiary/aromatic N) is 1. The third kappa shape index (κ3) is 1.21. The molecule has 0 bridgehead atoms. The number of benzene rings is 1. The lowest BCUT2D eigenvalue weighted by Gasteiger charge is -1.98. The molecule has 1 heterocycles. The minimum Gasteiger partial charge on any atom is -0.356 e. The summed E-state index contributed by atoms with van der Waals surface area (Å²) in [5.74, 6) is 0. The Labute approximate surface area is 81.7 Å². The van der Waals surface area contributed by atoms with Gasteiger partial charge in [-0.1, -0.05) is 12.1 Å². The monoisotopic (exact) mass is 189 g/mol. The van der Waals surface area contributed by atoms with Gasteiger partial charge >= 0.3 is 0 Å². The molecule has 14 heavy (non-hydrogen) atoms. The molecule has 3 heteroatoms. The fourth-order valence-corrected chi connectivity index (χ4v) is 1.58. The molecule has 0 unspecified atom stereocenters. The molecule has 0 saturated carbocycles. The fraction of sp³-hybridized carbons (Fsp3) is 0.273. The SMILES string of the molecule is CCc1cc(C=O)cc2c(C)noc12. The number of carbonyl (C=O) groups excluding carboxylic acids is 1. The van der Waals surface area contributed by atoms with E-state index in [2.05, 4.69) is 5.16 Å². The zero-order valence-corrected chi connectivity index (χ0v) is 8.20. The highest BCUT2D eigenvalue weighted by molar-refractivity contribution is 5.89. The Morgan fingerprint density at radius 2 is 2.29 bits per heavy atom. The van der Waals surface area contributed by atoms with Crippen molar-refractivity contribution in [3.63, 3.8) is 0 Å². The second-order valence-corrected chi connectivity index (χ2v) is 3.30. The second kappa shape index (κ2) is 3.25. The van der Waals surface area contributed by atoms with Crippen LogP contribution in [0.15, 0.2) is 16.7 Å². The van der Waals surface area contributed by atoms with Gasteiger partial charge in [0, 0.05) is 10.9 Å². The van der Waals surface area contributed by atoms with Crippen molar-refractivity contribution in [3.8, 4) is 0 Å². The van der Waals surface area contributed by atoms with Gasteiger partial charge in [-0.25, -0.2) is 0 Å². The minimum absolute atomic E-state index is 0.681. The molecule has 0 N–H and O–H groups in total. The Balaban J connectivity index is 2.82. The Morgan fingerprint density at radius 3 is 2.93 bits per heavy atom. The van der Waals surface area contributed by atoms with Crippen molar-refractivity contribution in [1.82, 2.24) is 5.16 Å². The topological polar surface area (TPSA) is 43.1 Å². The number of hydrogen-bond donors (Lipinski definition) is 0. The van der Waals surface area contributed by atoms with Crippen LogP contribution in [0, 0.1) is 6.92 Å². The van der Waals surface area contributed by atoms with Gasteiger partial charge in [0.15, 0.2) is 5.58 Å². The lowest BCUT2D eigenvalue weighted by molar-refractivity contribution is 0.112. The van der Waals surface area contributed by atoms with Crippen LogP contribution in [0.2, 0.25) is 0 Å². The molecule has 0 aliphatic heterocycles. The molecule has 2 aromatic rings. The van der Waals surface area contributed by atoms with Crippen LogP contribution in [0.25, 0.3) is 11.0 Å². The summed E-state index contributed by atoms with van der Waals surface area (Å²) in [5.41, 5.74) is 3.35. The van der Waals surface area contributed by atoms with Crippen molar-refractivity contribution in [2.24, 2.45) is 0 Å². The molecule has 3 nitrogen and oxygen atoms in total. The molecule has 72 valence electrons. The molecule has 0 saturated heterocycles. The molecule has 1 aromatic heterocycles. The third-order valence-corrected chi connectivity index (χ3v) is 2.37. The van der Waals surface area contributed by atoms with Crippen molar-refractivity contribution in [2.45, 2.75) is 20.3 Å². The lowest BCUT2D eigenvalue weighted by Crippen LogP contribution is -1.86. The van der Waals surface area contributed by atoms with Crippen LogP contribution in [0.3, 0.4) is 0 Å². The number of aryl methyl sites for hydroxylation is 2. The van der Waals surface area contributed by atoms with Crippen LogP contribution >= 0.6 is 0 Å². The summed E-state index contributed by atoms with van der Waals surface area (Å²) in [6, 6.07) is 3.66. The average Bonchev–Trinajstić information content (AvgIpc) is 2.59. The first-order valence-corrected chi connectivity index (χ1v) is 4.60. The Hall–Kier alpha value is -1.64. The van der Waals surface area contributed by atoms with Crippen LogP contribution in [-0.4, -0.2) is 11.4 Å². The summed E-state index contributed by atoms with van der Waals surface area (Å²) in [5, 5.41) is 4.83. The molecular weight excluding hydrogens is 178 g/mol. The number of aldehydes is 1. The van der Waals surface area contributed by atoms with Crippen LogP contribution in [0.4, 0.5) is 0 Å². The summed E-state index contributed by atoms with van der Waals surface area (Å²) in [6.45, 7) is 3.90. The molecule has 0 spiro atoms. The van der Waals surface area contributed by atoms with E-state index in [4.69, 9.17) is 4.52 Å². The van der Waals surface area contributed by atoms with Crippen molar-refractivity contribution >= 4 is 17.3 Å². The standard InChI is InChI=1S/C11H11NO2/c1-3-9-4-8(6-13)5-10-7(2)12-14-11(9)10/h4-6H,3H2,1-2H3. The van der Waals surface area contributed by atoms with E-state index in [0.717, 1.165) is 34.9 Å². The van der Waals surface area contributed by atoms with Gasteiger partial charge in [-0.15, -0.1) is 0 Å². The van der Waals surface area contributed by atoms with E-state index in [0.29, 0.717) is 5.56 Å². The summed E-state index contributed by atoms with van der Waals surface area (Å²) >= 11 is 0. The maximum Gasteiger partial charge on any atom is 0.170 e. The predicted molar refractivity (Wildman–Crippen MR) is 53.5 cm³/mol. The molecule has 0 aliphatic rings. The Kier molecular flexibility index (Phi) is 2.08. The Bertz CT molecular complexity index is 485. The molecule has 0 atom stereocenters. The van der Waals surface area contributed by atoms with Crippen molar-refractivity contribution in [3.05, 3.63) is 29.0 Å². The zero-order chi connectivity index (χ0) is 10.1. The van der Waals surface area contributed by atoms with E-state index in [1.165, 1.54) is 0 Å². The first kappa shape index (κ1) is 8.94. The maximum atomic E-state index is 10.7. The summed E-state index contributed by atoms with van der Waals surface area (Å²) in [4.78, 5) is 10.7. The van der Waals surface area contributed by atoms with E-state index in [-0.39, 0.29) is 0 Å². The predicted octanol–water partition coefficient (Wildman–Crippen LogP) is 2.51. The molecule has 0 fully saturated rings. The van der Waals surface area contributed by atoms with Gasteiger partial charge in [-0.3, -0.25) is 4.79 Å². The largest absolute Gasteiger partial charge is 0.356 e. The van der Waals surface area contributed by atoms with Crippen LogP contribution in [0.1, 0.15) is 28.5 Å². The van der Waals surface area contributed by atoms with Crippen molar-refractivity contribution < 1.29 is 9.32 Å². The first-order valence-electron chi connectivity index (χ1n) is 4.60. The highest BCUT2D eigenvalue weighted by Gasteiger charge is 2.09.